The Morgan fingerprint density at radius 3 is 2.46 bits per heavy atom. The van der Waals surface area contributed by atoms with Crippen LogP contribution in [0.1, 0.15) is 47.6 Å². The standard InChI is InChI=1S/C24H26N2O2/c1-4-7-18-10-13-21(14-11-18)28-22-9-6-8-20(16-22)26-24(27)23-15-12-19(5-2)25-17(23)3/h6,8-16H,4-5,7H2,1-3H3,(H,26,27). The smallest absolute Gasteiger partial charge is 0.257 e. The molecule has 0 spiro atoms. The van der Waals surface area contributed by atoms with Gasteiger partial charge < -0.3 is 10.1 Å². The number of carbonyl (C=O) groups is 1. The first-order chi connectivity index (χ1) is 13.6. The molecule has 0 aliphatic heterocycles. The fourth-order valence-electron chi connectivity index (χ4n) is 3.03. The summed E-state index contributed by atoms with van der Waals surface area (Å²) in [5, 5.41) is 2.93. The van der Waals surface area contributed by atoms with Gasteiger partial charge in [-0.2, -0.15) is 0 Å². The summed E-state index contributed by atoms with van der Waals surface area (Å²) < 4.78 is 5.93. The summed E-state index contributed by atoms with van der Waals surface area (Å²) in [7, 11) is 0. The zero-order chi connectivity index (χ0) is 19.9. The van der Waals surface area contributed by atoms with Gasteiger partial charge in [0.05, 0.1) is 11.3 Å². The SMILES string of the molecule is CCCc1ccc(Oc2cccc(NC(=O)c3ccc(CC)nc3C)c2)cc1. The number of pyridine rings is 1. The lowest BCUT2D eigenvalue weighted by Gasteiger charge is -2.11. The van der Waals surface area contributed by atoms with E-state index in [1.807, 2.05) is 62.4 Å². The Bertz CT molecular complexity index is 949. The Morgan fingerprint density at radius 1 is 1.00 bits per heavy atom. The highest BCUT2D eigenvalue weighted by atomic mass is 16.5. The zero-order valence-corrected chi connectivity index (χ0v) is 16.7. The molecule has 0 saturated heterocycles. The van der Waals surface area contributed by atoms with Crippen molar-refractivity contribution in [1.29, 1.82) is 0 Å². The summed E-state index contributed by atoms with van der Waals surface area (Å²) in [6.45, 7) is 6.07. The second kappa shape index (κ2) is 9.18. The van der Waals surface area contributed by atoms with Crippen LogP contribution in [0.4, 0.5) is 5.69 Å². The number of hydrogen-bond donors (Lipinski definition) is 1. The Balaban J connectivity index is 1.70. The average molecular weight is 374 g/mol. The number of carbonyl (C=O) groups excluding carboxylic acids is 1. The molecule has 28 heavy (non-hydrogen) atoms. The lowest BCUT2D eigenvalue weighted by atomic mass is 10.1. The second-order valence-corrected chi connectivity index (χ2v) is 6.77. The largest absolute Gasteiger partial charge is 0.457 e. The third-order valence-electron chi connectivity index (χ3n) is 4.54. The molecular formula is C24H26N2O2. The van der Waals surface area contributed by atoms with E-state index in [2.05, 4.69) is 29.4 Å². The molecular weight excluding hydrogens is 348 g/mol. The monoisotopic (exact) mass is 374 g/mol. The molecule has 0 unspecified atom stereocenters. The van der Waals surface area contributed by atoms with Crippen molar-refractivity contribution in [3.05, 3.63) is 83.2 Å². The number of rotatable bonds is 7. The van der Waals surface area contributed by atoms with Crippen LogP contribution in [-0.2, 0) is 12.8 Å². The minimum atomic E-state index is -0.172. The van der Waals surface area contributed by atoms with Gasteiger partial charge in [-0.25, -0.2) is 0 Å². The maximum atomic E-state index is 12.6. The van der Waals surface area contributed by atoms with Gasteiger partial charge in [-0.3, -0.25) is 9.78 Å². The number of aromatic nitrogens is 1. The highest BCUT2D eigenvalue weighted by Crippen LogP contribution is 2.25. The number of ether oxygens (including phenoxy) is 1. The quantitative estimate of drug-likeness (QED) is 0.556. The molecule has 144 valence electrons. The molecule has 3 aromatic rings. The first kappa shape index (κ1) is 19.6. The molecule has 1 heterocycles. The molecule has 0 aliphatic carbocycles. The number of hydrogen-bond acceptors (Lipinski definition) is 3. The normalized spacial score (nSPS) is 10.5. The van der Waals surface area contributed by atoms with Gasteiger partial charge in [0.15, 0.2) is 0 Å². The molecule has 0 bridgehead atoms. The molecule has 1 N–H and O–H groups in total. The summed E-state index contributed by atoms with van der Waals surface area (Å²) in [6, 6.07) is 19.2. The number of anilines is 1. The fourth-order valence-corrected chi connectivity index (χ4v) is 3.03. The fraction of sp³-hybridized carbons (Fsp3) is 0.250. The van der Waals surface area contributed by atoms with Crippen LogP contribution in [0.25, 0.3) is 0 Å². The highest BCUT2D eigenvalue weighted by Gasteiger charge is 2.11. The molecule has 2 aromatic carbocycles. The Labute approximate surface area is 166 Å². The maximum absolute atomic E-state index is 12.6. The minimum Gasteiger partial charge on any atom is -0.457 e. The van der Waals surface area contributed by atoms with Crippen molar-refractivity contribution in [2.24, 2.45) is 0 Å². The predicted molar refractivity (Wildman–Crippen MR) is 113 cm³/mol. The van der Waals surface area contributed by atoms with Crippen molar-refractivity contribution in [2.45, 2.75) is 40.0 Å². The first-order valence-electron chi connectivity index (χ1n) is 9.73. The van der Waals surface area contributed by atoms with Crippen LogP contribution in [0.5, 0.6) is 11.5 Å². The molecule has 0 fully saturated rings. The molecule has 0 aliphatic rings. The van der Waals surface area contributed by atoms with Gasteiger partial charge in [0.2, 0.25) is 0 Å². The number of benzene rings is 2. The van der Waals surface area contributed by atoms with Crippen LogP contribution < -0.4 is 10.1 Å². The van der Waals surface area contributed by atoms with E-state index in [1.165, 1.54) is 5.56 Å². The Morgan fingerprint density at radius 2 is 1.79 bits per heavy atom. The van der Waals surface area contributed by atoms with Gasteiger partial charge in [0.1, 0.15) is 11.5 Å². The molecule has 1 aromatic heterocycles. The zero-order valence-electron chi connectivity index (χ0n) is 16.7. The van der Waals surface area contributed by atoms with E-state index in [0.717, 1.165) is 36.4 Å². The molecule has 0 radical (unpaired) electrons. The van der Waals surface area contributed by atoms with Gasteiger partial charge in [-0.1, -0.05) is 38.5 Å². The van der Waals surface area contributed by atoms with Crippen LogP contribution >= 0.6 is 0 Å². The van der Waals surface area contributed by atoms with E-state index in [0.29, 0.717) is 17.0 Å². The van der Waals surface area contributed by atoms with E-state index in [9.17, 15) is 4.79 Å². The summed E-state index contributed by atoms with van der Waals surface area (Å²) in [5.41, 5.74) is 4.28. The van der Waals surface area contributed by atoms with E-state index in [-0.39, 0.29) is 5.91 Å². The molecule has 3 rings (SSSR count). The summed E-state index contributed by atoms with van der Waals surface area (Å²) >= 11 is 0. The second-order valence-electron chi connectivity index (χ2n) is 6.77. The van der Waals surface area contributed by atoms with Gasteiger partial charge in [-0.15, -0.1) is 0 Å². The topological polar surface area (TPSA) is 51.2 Å². The van der Waals surface area contributed by atoms with Crippen molar-refractivity contribution >= 4 is 11.6 Å². The lowest BCUT2D eigenvalue weighted by molar-refractivity contribution is 0.102. The van der Waals surface area contributed by atoms with Crippen molar-refractivity contribution in [3.63, 3.8) is 0 Å². The van der Waals surface area contributed by atoms with Crippen molar-refractivity contribution in [3.8, 4) is 11.5 Å². The summed E-state index contributed by atoms with van der Waals surface area (Å²) in [6.07, 6.45) is 3.04. The number of amides is 1. The number of aryl methyl sites for hydroxylation is 3. The molecule has 0 atom stereocenters. The minimum absolute atomic E-state index is 0.172. The van der Waals surface area contributed by atoms with Crippen molar-refractivity contribution in [1.82, 2.24) is 4.98 Å². The van der Waals surface area contributed by atoms with Gasteiger partial charge in [0.25, 0.3) is 5.91 Å². The van der Waals surface area contributed by atoms with Crippen LogP contribution in [0.2, 0.25) is 0 Å². The maximum Gasteiger partial charge on any atom is 0.257 e. The predicted octanol–water partition coefficient (Wildman–Crippen LogP) is 5.95. The van der Waals surface area contributed by atoms with E-state index in [1.54, 1.807) is 0 Å². The van der Waals surface area contributed by atoms with Crippen LogP contribution in [-0.4, -0.2) is 10.9 Å². The van der Waals surface area contributed by atoms with Gasteiger partial charge in [0, 0.05) is 17.4 Å². The molecule has 4 heteroatoms. The van der Waals surface area contributed by atoms with Crippen molar-refractivity contribution in [2.75, 3.05) is 5.32 Å². The lowest BCUT2D eigenvalue weighted by Crippen LogP contribution is -2.14. The summed E-state index contributed by atoms with van der Waals surface area (Å²) in [4.78, 5) is 17.1. The third-order valence-corrected chi connectivity index (χ3v) is 4.54. The molecule has 0 saturated carbocycles. The number of nitrogens with zero attached hydrogens (tertiary/aromatic N) is 1. The third kappa shape index (κ3) is 4.97. The molecule has 4 nitrogen and oxygen atoms in total. The highest BCUT2D eigenvalue weighted by molar-refractivity contribution is 6.05. The Kier molecular flexibility index (Phi) is 6.43. The van der Waals surface area contributed by atoms with Crippen LogP contribution in [0.3, 0.4) is 0 Å². The first-order valence-corrected chi connectivity index (χ1v) is 9.73. The van der Waals surface area contributed by atoms with Crippen LogP contribution in [0.15, 0.2) is 60.7 Å². The number of nitrogens with one attached hydrogen (secondary N) is 1. The van der Waals surface area contributed by atoms with E-state index >= 15 is 0 Å². The van der Waals surface area contributed by atoms with Gasteiger partial charge in [-0.05, 0) is 61.7 Å². The average Bonchev–Trinajstić information content (AvgIpc) is 2.69. The van der Waals surface area contributed by atoms with Gasteiger partial charge >= 0.3 is 0 Å². The van der Waals surface area contributed by atoms with E-state index in [4.69, 9.17) is 4.74 Å². The summed E-state index contributed by atoms with van der Waals surface area (Å²) in [5.74, 6) is 1.28. The van der Waals surface area contributed by atoms with Crippen molar-refractivity contribution < 1.29 is 9.53 Å². The Hall–Kier alpha value is -3.14. The van der Waals surface area contributed by atoms with E-state index < -0.39 is 0 Å². The molecule has 1 amide bonds. The van der Waals surface area contributed by atoms with Crippen LogP contribution in [0, 0.1) is 6.92 Å².